The van der Waals surface area contributed by atoms with Crippen LogP contribution in [-0.4, -0.2) is 26.9 Å². The number of hydrogen-bond acceptors (Lipinski definition) is 4. The first kappa shape index (κ1) is 20.4. The number of benzene rings is 2. The Hall–Kier alpha value is -1.89. The van der Waals surface area contributed by atoms with E-state index in [9.17, 15) is 13.2 Å². The number of carbonyl (C=O) groups is 1. The summed E-state index contributed by atoms with van der Waals surface area (Å²) in [5.41, 5.74) is 6.77. The first-order valence-electron chi connectivity index (χ1n) is 8.37. The van der Waals surface area contributed by atoms with E-state index in [0.29, 0.717) is 23.6 Å². The molecule has 1 aliphatic carbocycles. The molecule has 1 saturated carbocycles. The van der Waals surface area contributed by atoms with Crippen molar-refractivity contribution < 1.29 is 13.2 Å². The van der Waals surface area contributed by atoms with E-state index >= 15 is 0 Å². The summed E-state index contributed by atoms with van der Waals surface area (Å²) in [5.74, 6) is 0.123. The van der Waals surface area contributed by atoms with Gasteiger partial charge in [0.15, 0.2) is 9.84 Å². The third kappa shape index (κ3) is 5.06. The molecule has 1 aliphatic rings. The van der Waals surface area contributed by atoms with Crippen molar-refractivity contribution >= 4 is 28.2 Å². The van der Waals surface area contributed by atoms with Gasteiger partial charge in [0, 0.05) is 18.2 Å². The van der Waals surface area contributed by atoms with Crippen LogP contribution in [0.2, 0.25) is 0 Å². The van der Waals surface area contributed by atoms with E-state index in [0.717, 1.165) is 12.8 Å². The van der Waals surface area contributed by atoms with Gasteiger partial charge in [0.05, 0.1) is 10.6 Å². The van der Waals surface area contributed by atoms with Gasteiger partial charge in [-0.3, -0.25) is 4.79 Å². The fourth-order valence-electron chi connectivity index (χ4n) is 2.85. The second-order valence-corrected chi connectivity index (χ2v) is 8.42. The predicted molar refractivity (Wildman–Crippen MR) is 104 cm³/mol. The van der Waals surface area contributed by atoms with E-state index in [2.05, 4.69) is 5.32 Å². The fourth-order valence-corrected chi connectivity index (χ4v) is 4.21. The van der Waals surface area contributed by atoms with E-state index in [4.69, 9.17) is 5.73 Å². The molecule has 0 radical (unpaired) electrons. The van der Waals surface area contributed by atoms with Crippen LogP contribution in [0.25, 0.3) is 0 Å². The monoisotopic (exact) mass is 394 g/mol. The standard InChI is InChI=1S/C19H22N2O3S.ClH/c20-12-18(15-9-10-15)21-19(22)16-6-4-5-14(11-16)13-25(23,24)17-7-2-1-3-8-17;/h1-8,11,15,18H,9-10,12-13,20H2,(H,21,22);1H. The van der Waals surface area contributed by atoms with Crippen molar-refractivity contribution in [2.24, 2.45) is 11.7 Å². The molecule has 1 unspecified atom stereocenters. The summed E-state index contributed by atoms with van der Waals surface area (Å²) >= 11 is 0. The Kier molecular flexibility index (Phi) is 6.81. The molecule has 3 rings (SSSR count). The Bertz CT molecular complexity index is 852. The van der Waals surface area contributed by atoms with Gasteiger partial charge in [-0.05, 0) is 48.6 Å². The number of nitrogens with two attached hydrogens (primary N) is 1. The van der Waals surface area contributed by atoms with Crippen molar-refractivity contribution in [3.8, 4) is 0 Å². The van der Waals surface area contributed by atoms with Crippen LogP contribution in [0.1, 0.15) is 28.8 Å². The molecule has 1 amide bonds. The van der Waals surface area contributed by atoms with Crippen molar-refractivity contribution in [2.45, 2.75) is 29.5 Å². The Morgan fingerprint density at radius 2 is 1.81 bits per heavy atom. The second kappa shape index (κ2) is 8.66. The van der Waals surface area contributed by atoms with Crippen molar-refractivity contribution in [1.29, 1.82) is 0 Å². The minimum absolute atomic E-state index is 0. The lowest BCUT2D eigenvalue weighted by atomic mass is 10.1. The molecule has 0 bridgehead atoms. The average Bonchev–Trinajstić information content (AvgIpc) is 3.45. The molecule has 1 atom stereocenters. The molecule has 0 saturated heterocycles. The number of sulfone groups is 1. The van der Waals surface area contributed by atoms with Crippen LogP contribution in [-0.2, 0) is 15.6 Å². The average molecular weight is 395 g/mol. The largest absolute Gasteiger partial charge is 0.348 e. The van der Waals surface area contributed by atoms with Gasteiger partial charge in [0.2, 0.25) is 0 Å². The molecular weight excluding hydrogens is 372 g/mol. The van der Waals surface area contributed by atoms with E-state index < -0.39 is 9.84 Å². The molecule has 1 fully saturated rings. The van der Waals surface area contributed by atoms with Crippen molar-refractivity contribution in [3.63, 3.8) is 0 Å². The molecule has 0 aliphatic heterocycles. The summed E-state index contributed by atoms with van der Waals surface area (Å²) in [4.78, 5) is 12.7. The highest BCUT2D eigenvalue weighted by Gasteiger charge is 2.31. The molecule has 0 heterocycles. The van der Waals surface area contributed by atoms with Gasteiger partial charge in [-0.2, -0.15) is 0 Å². The normalized spacial score (nSPS) is 15.0. The van der Waals surface area contributed by atoms with Crippen LogP contribution in [0.4, 0.5) is 0 Å². The van der Waals surface area contributed by atoms with Gasteiger partial charge in [0.25, 0.3) is 5.91 Å². The number of rotatable bonds is 7. The van der Waals surface area contributed by atoms with Crippen LogP contribution in [0.5, 0.6) is 0 Å². The highest BCUT2D eigenvalue weighted by molar-refractivity contribution is 7.90. The van der Waals surface area contributed by atoms with Crippen molar-refractivity contribution in [1.82, 2.24) is 5.32 Å². The summed E-state index contributed by atoms with van der Waals surface area (Å²) < 4.78 is 25.0. The van der Waals surface area contributed by atoms with Gasteiger partial charge >= 0.3 is 0 Å². The summed E-state index contributed by atoms with van der Waals surface area (Å²) in [6, 6.07) is 15.1. The molecule has 26 heavy (non-hydrogen) atoms. The minimum atomic E-state index is -3.44. The number of amides is 1. The zero-order chi connectivity index (χ0) is 17.9. The predicted octanol–water partition coefficient (Wildman–Crippen LogP) is 2.55. The van der Waals surface area contributed by atoms with Gasteiger partial charge in [0.1, 0.15) is 0 Å². The third-order valence-corrected chi connectivity index (χ3v) is 6.11. The zero-order valence-electron chi connectivity index (χ0n) is 14.3. The van der Waals surface area contributed by atoms with Crippen LogP contribution in [0.3, 0.4) is 0 Å². The Labute approximate surface area is 160 Å². The number of carbonyl (C=O) groups excluding carboxylic acids is 1. The molecule has 2 aromatic carbocycles. The van der Waals surface area contributed by atoms with E-state index in [1.54, 1.807) is 54.6 Å². The van der Waals surface area contributed by atoms with E-state index in [1.807, 2.05) is 0 Å². The highest BCUT2D eigenvalue weighted by atomic mass is 35.5. The summed E-state index contributed by atoms with van der Waals surface area (Å²) in [5, 5.41) is 2.95. The molecule has 7 heteroatoms. The molecule has 3 N–H and O–H groups in total. The van der Waals surface area contributed by atoms with E-state index in [1.165, 1.54) is 0 Å². The van der Waals surface area contributed by atoms with Gasteiger partial charge in [-0.15, -0.1) is 12.4 Å². The molecule has 2 aromatic rings. The quantitative estimate of drug-likeness (QED) is 0.755. The maximum absolute atomic E-state index is 12.5. The smallest absolute Gasteiger partial charge is 0.251 e. The maximum atomic E-state index is 12.5. The first-order valence-corrected chi connectivity index (χ1v) is 10.0. The van der Waals surface area contributed by atoms with Gasteiger partial charge in [-0.25, -0.2) is 8.42 Å². The van der Waals surface area contributed by atoms with Crippen LogP contribution in [0.15, 0.2) is 59.5 Å². The minimum Gasteiger partial charge on any atom is -0.348 e. The lowest BCUT2D eigenvalue weighted by Crippen LogP contribution is -2.41. The van der Waals surface area contributed by atoms with Crippen LogP contribution in [0, 0.1) is 5.92 Å². The summed E-state index contributed by atoms with van der Waals surface area (Å²) in [6.07, 6.45) is 2.19. The molecule has 0 aromatic heterocycles. The molecule has 5 nitrogen and oxygen atoms in total. The molecule has 0 spiro atoms. The van der Waals surface area contributed by atoms with Crippen molar-refractivity contribution in [2.75, 3.05) is 6.54 Å². The van der Waals surface area contributed by atoms with Crippen LogP contribution < -0.4 is 11.1 Å². The van der Waals surface area contributed by atoms with Crippen molar-refractivity contribution in [3.05, 3.63) is 65.7 Å². The second-order valence-electron chi connectivity index (χ2n) is 6.43. The first-order chi connectivity index (χ1) is 12.0. The number of halogens is 1. The highest BCUT2D eigenvalue weighted by Crippen LogP contribution is 2.32. The Morgan fingerprint density at radius 1 is 1.12 bits per heavy atom. The number of hydrogen-bond donors (Lipinski definition) is 2. The van der Waals surface area contributed by atoms with Gasteiger partial charge in [-0.1, -0.05) is 30.3 Å². The Morgan fingerprint density at radius 3 is 2.42 bits per heavy atom. The lowest BCUT2D eigenvalue weighted by molar-refractivity contribution is 0.0933. The topological polar surface area (TPSA) is 89.3 Å². The van der Waals surface area contributed by atoms with Gasteiger partial charge < -0.3 is 11.1 Å². The zero-order valence-corrected chi connectivity index (χ0v) is 15.9. The summed E-state index contributed by atoms with van der Waals surface area (Å²) in [6.45, 7) is 0.415. The summed E-state index contributed by atoms with van der Waals surface area (Å²) in [7, 11) is -3.44. The molecular formula is C19H23ClN2O3S. The SMILES string of the molecule is Cl.NCC(NC(=O)c1cccc(CS(=O)(=O)c2ccccc2)c1)C1CC1. The number of nitrogens with one attached hydrogen (secondary N) is 1. The fraction of sp³-hybridized carbons (Fsp3) is 0.316. The molecule has 140 valence electrons. The lowest BCUT2D eigenvalue weighted by Gasteiger charge is -2.16. The van der Waals surface area contributed by atoms with E-state index in [-0.39, 0.29) is 35.0 Å². The van der Waals surface area contributed by atoms with Crippen LogP contribution >= 0.6 is 12.4 Å². The third-order valence-electron chi connectivity index (χ3n) is 4.41. The Balaban J connectivity index is 0.00000243. The maximum Gasteiger partial charge on any atom is 0.251 e.